The van der Waals surface area contributed by atoms with Gasteiger partial charge in [0.15, 0.2) is 0 Å². The van der Waals surface area contributed by atoms with Gasteiger partial charge >= 0.3 is 0 Å². The van der Waals surface area contributed by atoms with E-state index >= 15 is 0 Å². The van der Waals surface area contributed by atoms with Crippen molar-refractivity contribution in [2.24, 2.45) is 5.73 Å². The maximum atomic E-state index is 11.9. The van der Waals surface area contributed by atoms with Crippen molar-refractivity contribution in [1.29, 1.82) is 0 Å². The minimum atomic E-state index is -0.798. The van der Waals surface area contributed by atoms with Gasteiger partial charge in [-0.25, -0.2) is 0 Å². The first-order valence-corrected chi connectivity index (χ1v) is 6.53. The molecule has 0 bridgehead atoms. The van der Waals surface area contributed by atoms with Crippen molar-refractivity contribution in [3.8, 4) is 0 Å². The third kappa shape index (κ3) is 8.38. The number of carbonyl (C=O) groups excluding carboxylic acids is 1. The Morgan fingerprint density at radius 2 is 2.00 bits per heavy atom. The first-order valence-electron chi connectivity index (χ1n) is 6.12. The van der Waals surface area contributed by atoms with Crippen LogP contribution in [0.5, 0.6) is 0 Å². The Labute approximate surface area is 115 Å². The number of hydrogen-bond donors (Lipinski definition) is 2. The summed E-state index contributed by atoms with van der Waals surface area (Å²) in [7, 11) is 1.73. The first-order chi connectivity index (χ1) is 8.15. The second-order valence-corrected chi connectivity index (χ2v) is 5.67. The molecule has 0 spiro atoms. The molecule has 18 heavy (non-hydrogen) atoms. The normalized spacial score (nSPS) is 11.7. The molecule has 0 aromatic heterocycles. The lowest BCUT2D eigenvalue weighted by molar-refractivity contribution is -0.131. The van der Waals surface area contributed by atoms with Crippen LogP contribution in [0, 0.1) is 0 Å². The Kier molecular flexibility index (Phi) is 7.35. The van der Waals surface area contributed by atoms with E-state index in [2.05, 4.69) is 0 Å². The smallest absolute Gasteiger partial charge is 0.236 e. The second kappa shape index (κ2) is 7.66. The number of nitrogens with zero attached hydrogens (tertiary/aromatic N) is 2. The van der Waals surface area contributed by atoms with Crippen LogP contribution < -0.4 is 5.73 Å². The van der Waals surface area contributed by atoms with Gasteiger partial charge in [0.2, 0.25) is 5.91 Å². The van der Waals surface area contributed by atoms with E-state index in [4.69, 9.17) is 18.0 Å². The lowest BCUT2D eigenvalue weighted by Crippen LogP contribution is -2.44. The van der Waals surface area contributed by atoms with E-state index < -0.39 is 5.60 Å². The van der Waals surface area contributed by atoms with Gasteiger partial charge in [-0.05, 0) is 20.4 Å². The number of amides is 1. The van der Waals surface area contributed by atoms with Crippen molar-refractivity contribution in [1.82, 2.24) is 9.80 Å². The average Bonchev–Trinajstić information content (AvgIpc) is 2.22. The van der Waals surface area contributed by atoms with Crippen LogP contribution >= 0.6 is 12.2 Å². The summed E-state index contributed by atoms with van der Waals surface area (Å²) in [6.45, 7) is 7.46. The summed E-state index contributed by atoms with van der Waals surface area (Å²) < 4.78 is 0. The molecular formula is C12H25N3O2S. The predicted octanol–water partition coefficient (Wildman–Crippen LogP) is 0.214. The van der Waals surface area contributed by atoms with Crippen LogP contribution in [0.4, 0.5) is 0 Å². The summed E-state index contributed by atoms with van der Waals surface area (Å²) in [5.41, 5.74) is 4.60. The van der Waals surface area contributed by atoms with Crippen molar-refractivity contribution in [3.63, 3.8) is 0 Å². The minimum absolute atomic E-state index is 0.0114. The summed E-state index contributed by atoms with van der Waals surface area (Å²) in [6.07, 6.45) is 0.537. The largest absolute Gasteiger partial charge is 0.393 e. The molecule has 0 fully saturated rings. The van der Waals surface area contributed by atoms with Crippen molar-refractivity contribution in [2.45, 2.75) is 32.8 Å². The number of aliphatic hydroxyl groups is 1. The second-order valence-electron chi connectivity index (χ2n) is 5.15. The Bertz CT molecular complexity index is 290. The molecule has 106 valence electrons. The molecule has 5 nitrogen and oxygen atoms in total. The van der Waals surface area contributed by atoms with Gasteiger partial charge < -0.3 is 15.7 Å². The van der Waals surface area contributed by atoms with Crippen molar-refractivity contribution in [2.75, 3.05) is 33.2 Å². The molecule has 0 rings (SSSR count). The monoisotopic (exact) mass is 275 g/mol. The zero-order valence-electron chi connectivity index (χ0n) is 11.8. The molecule has 0 radical (unpaired) electrons. The van der Waals surface area contributed by atoms with E-state index in [9.17, 15) is 9.90 Å². The van der Waals surface area contributed by atoms with Gasteiger partial charge in [-0.1, -0.05) is 19.1 Å². The van der Waals surface area contributed by atoms with Crippen molar-refractivity contribution >= 4 is 23.1 Å². The molecule has 0 aliphatic carbocycles. The number of thiocarbonyl (C=S) groups is 1. The zero-order chi connectivity index (χ0) is 14.3. The average molecular weight is 275 g/mol. The molecule has 0 aliphatic rings. The van der Waals surface area contributed by atoms with Crippen LogP contribution in [0.25, 0.3) is 0 Å². The Hall–Kier alpha value is -0.720. The van der Waals surface area contributed by atoms with Gasteiger partial charge in [-0.3, -0.25) is 9.69 Å². The number of rotatable bonds is 8. The minimum Gasteiger partial charge on any atom is -0.393 e. The third-order valence-electron chi connectivity index (χ3n) is 2.54. The molecule has 0 saturated carbocycles. The molecular weight excluding hydrogens is 250 g/mol. The lowest BCUT2D eigenvalue weighted by atomic mass is 10.1. The fourth-order valence-electron chi connectivity index (χ4n) is 1.54. The van der Waals surface area contributed by atoms with Crippen LogP contribution in [0.2, 0.25) is 0 Å². The van der Waals surface area contributed by atoms with Gasteiger partial charge in [-0.15, -0.1) is 0 Å². The number of likely N-dealkylation sites (N-methyl/N-ethyl adjacent to an activating group) is 2. The number of carbonyl (C=O) groups is 1. The molecule has 1 amide bonds. The summed E-state index contributed by atoms with van der Waals surface area (Å²) in [5.74, 6) is 0.0114. The first kappa shape index (κ1) is 17.3. The zero-order valence-corrected chi connectivity index (χ0v) is 12.6. The van der Waals surface area contributed by atoms with E-state index in [-0.39, 0.29) is 5.91 Å². The van der Waals surface area contributed by atoms with Gasteiger partial charge in [0.1, 0.15) is 0 Å². The van der Waals surface area contributed by atoms with Crippen LogP contribution in [0.3, 0.4) is 0 Å². The molecule has 0 aromatic carbocycles. The van der Waals surface area contributed by atoms with Gasteiger partial charge in [0.05, 0.1) is 17.1 Å². The van der Waals surface area contributed by atoms with E-state index in [0.717, 1.165) is 6.54 Å². The molecule has 0 saturated heterocycles. The van der Waals surface area contributed by atoms with Crippen LogP contribution in [-0.2, 0) is 4.79 Å². The highest BCUT2D eigenvalue weighted by atomic mass is 32.1. The van der Waals surface area contributed by atoms with E-state index in [1.165, 1.54) is 0 Å². The number of hydrogen-bond acceptors (Lipinski definition) is 4. The number of nitrogens with two attached hydrogens (primary N) is 1. The molecule has 3 N–H and O–H groups in total. The molecule has 0 unspecified atom stereocenters. The highest BCUT2D eigenvalue weighted by molar-refractivity contribution is 7.80. The van der Waals surface area contributed by atoms with Crippen molar-refractivity contribution < 1.29 is 9.90 Å². The van der Waals surface area contributed by atoms with Gasteiger partial charge in [0, 0.05) is 26.6 Å². The maximum Gasteiger partial charge on any atom is 0.236 e. The Balaban J connectivity index is 4.21. The Morgan fingerprint density at radius 1 is 1.44 bits per heavy atom. The summed E-state index contributed by atoms with van der Waals surface area (Å²) in [6, 6.07) is 0. The van der Waals surface area contributed by atoms with E-state index in [0.29, 0.717) is 31.0 Å². The fraction of sp³-hybridized carbons (Fsp3) is 0.833. The quantitative estimate of drug-likeness (QED) is 0.620. The van der Waals surface area contributed by atoms with Gasteiger partial charge in [-0.2, -0.15) is 0 Å². The van der Waals surface area contributed by atoms with E-state index in [1.807, 2.05) is 11.8 Å². The predicted molar refractivity (Wildman–Crippen MR) is 77.5 cm³/mol. The molecule has 6 heteroatoms. The molecule has 0 heterocycles. The highest BCUT2D eigenvalue weighted by Gasteiger charge is 2.20. The Morgan fingerprint density at radius 3 is 2.39 bits per heavy atom. The summed E-state index contributed by atoms with van der Waals surface area (Å²) in [5, 5.41) is 9.75. The van der Waals surface area contributed by atoms with Gasteiger partial charge in [0.25, 0.3) is 0 Å². The summed E-state index contributed by atoms with van der Waals surface area (Å²) in [4.78, 5) is 15.9. The lowest BCUT2D eigenvalue weighted by Gasteiger charge is -2.29. The fourth-order valence-corrected chi connectivity index (χ4v) is 1.63. The highest BCUT2D eigenvalue weighted by Crippen LogP contribution is 2.05. The third-order valence-corrected chi connectivity index (χ3v) is 2.74. The molecule has 0 aliphatic heterocycles. The molecule has 0 atom stereocenters. The SMILES string of the molecule is CCN(CC(=O)N(C)CCC(N)=S)CC(C)(C)O. The van der Waals surface area contributed by atoms with Crippen LogP contribution in [0.1, 0.15) is 27.2 Å². The van der Waals surface area contributed by atoms with Crippen LogP contribution in [-0.4, -0.2) is 64.6 Å². The van der Waals surface area contributed by atoms with Crippen molar-refractivity contribution in [3.05, 3.63) is 0 Å². The topological polar surface area (TPSA) is 69.8 Å². The maximum absolute atomic E-state index is 11.9. The summed E-state index contributed by atoms with van der Waals surface area (Å²) >= 11 is 4.78. The van der Waals surface area contributed by atoms with E-state index in [1.54, 1.807) is 25.8 Å². The van der Waals surface area contributed by atoms with Crippen LogP contribution in [0.15, 0.2) is 0 Å². The molecule has 0 aromatic rings. The standard InChI is InChI=1S/C12H25N3O2S/c1-5-15(9-12(2,3)17)8-11(16)14(4)7-6-10(13)18/h17H,5-9H2,1-4H3,(H2,13,18).